The highest BCUT2D eigenvalue weighted by molar-refractivity contribution is 7.13. The zero-order valence-electron chi connectivity index (χ0n) is 14.7. The Morgan fingerprint density at radius 1 is 0.960 bits per heavy atom. The maximum absolute atomic E-state index is 8.41. The van der Waals surface area contributed by atoms with Gasteiger partial charge in [-0.25, -0.2) is 0 Å². The Morgan fingerprint density at radius 3 is 2.48 bits per heavy atom. The summed E-state index contributed by atoms with van der Waals surface area (Å²) in [4.78, 5) is 8.46. The number of piperazine rings is 1. The molecule has 0 unspecified atom stereocenters. The third-order valence-electron chi connectivity index (χ3n) is 5.25. The van der Waals surface area contributed by atoms with Crippen LogP contribution in [0.3, 0.4) is 0 Å². The van der Waals surface area contributed by atoms with E-state index in [4.69, 9.17) is 5.41 Å². The fraction of sp³-hybridized carbons (Fsp3) is 0.450. The molecule has 0 bridgehead atoms. The number of nitrogens with one attached hydrogen (secondary N) is 1. The van der Waals surface area contributed by atoms with E-state index < -0.39 is 0 Å². The first-order valence-corrected chi connectivity index (χ1v) is 10.1. The van der Waals surface area contributed by atoms with Crippen LogP contribution in [-0.4, -0.2) is 61.4 Å². The van der Waals surface area contributed by atoms with E-state index >= 15 is 0 Å². The highest BCUT2D eigenvalue weighted by Gasteiger charge is 2.22. The average molecular weight is 355 g/mol. The zero-order valence-corrected chi connectivity index (χ0v) is 15.5. The number of hydrogen-bond acceptors (Lipinski definition) is 4. The summed E-state index contributed by atoms with van der Waals surface area (Å²) in [6.45, 7) is 7.06. The number of nitrogens with zero attached hydrogens (tertiary/aromatic N) is 3. The molecule has 2 saturated heterocycles. The van der Waals surface area contributed by atoms with Crippen molar-refractivity contribution in [2.24, 2.45) is 0 Å². The predicted molar refractivity (Wildman–Crippen MR) is 107 cm³/mol. The second kappa shape index (κ2) is 7.58. The molecule has 1 aromatic heterocycles. The summed E-state index contributed by atoms with van der Waals surface area (Å²) in [5, 5.41) is 10.5. The van der Waals surface area contributed by atoms with Crippen molar-refractivity contribution in [1.29, 1.82) is 5.41 Å². The lowest BCUT2D eigenvalue weighted by atomic mass is 10.1. The molecular weight excluding hydrogens is 328 g/mol. The van der Waals surface area contributed by atoms with E-state index in [2.05, 4.69) is 56.5 Å². The molecule has 0 atom stereocenters. The third-order valence-corrected chi connectivity index (χ3v) is 6.17. The van der Waals surface area contributed by atoms with Crippen molar-refractivity contribution in [2.75, 3.05) is 50.7 Å². The lowest BCUT2D eigenvalue weighted by Crippen LogP contribution is -2.50. The molecule has 1 N–H and O–H groups in total. The van der Waals surface area contributed by atoms with Gasteiger partial charge in [0, 0.05) is 36.7 Å². The number of anilines is 1. The first-order chi connectivity index (χ1) is 12.3. The van der Waals surface area contributed by atoms with E-state index in [0.717, 1.165) is 51.6 Å². The van der Waals surface area contributed by atoms with Gasteiger partial charge in [0.2, 0.25) is 0 Å². The minimum atomic E-state index is 0.800. The van der Waals surface area contributed by atoms with Crippen LogP contribution in [0.1, 0.15) is 12.8 Å². The molecule has 0 radical (unpaired) electrons. The zero-order chi connectivity index (χ0) is 17.1. The molecule has 3 heterocycles. The van der Waals surface area contributed by atoms with E-state index in [0.29, 0.717) is 0 Å². The summed E-state index contributed by atoms with van der Waals surface area (Å²) in [5.41, 5.74) is 2.60. The SMILES string of the molecule is N=C(CN1CCCC1)N1CCN(c2cccc(-c3cccs3)c2)CC1. The van der Waals surface area contributed by atoms with Crippen molar-refractivity contribution in [2.45, 2.75) is 12.8 Å². The number of thiophene rings is 1. The summed E-state index contributed by atoms with van der Waals surface area (Å²) in [6.07, 6.45) is 2.59. The van der Waals surface area contributed by atoms with E-state index in [9.17, 15) is 0 Å². The fourth-order valence-corrected chi connectivity index (χ4v) is 4.51. The molecule has 0 spiro atoms. The van der Waals surface area contributed by atoms with Crippen LogP contribution in [0.5, 0.6) is 0 Å². The second-order valence-electron chi connectivity index (χ2n) is 6.93. The van der Waals surface area contributed by atoms with Gasteiger partial charge in [-0.15, -0.1) is 11.3 Å². The Kier molecular flexibility index (Phi) is 5.04. The Bertz CT molecular complexity index is 698. The largest absolute Gasteiger partial charge is 0.368 e. The monoisotopic (exact) mass is 354 g/mol. The van der Waals surface area contributed by atoms with E-state index in [1.165, 1.54) is 29.0 Å². The van der Waals surface area contributed by atoms with Gasteiger partial charge >= 0.3 is 0 Å². The molecule has 4 rings (SSSR count). The van der Waals surface area contributed by atoms with Crippen LogP contribution in [0.25, 0.3) is 10.4 Å². The topological polar surface area (TPSA) is 33.6 Å². The van der Waals surface area contributed by atoms with Gasteiger partial charge in [-0.05, 0) is 55.1 Å². The first kappa shape index (κ1) is 16.6. The maximum atomic E-state index is 8.41. The molecule has 2 aliphatic heterocycles. The summed E-state index contributed by atoms with van der Waals surface area (Å²) in [7, 11) is 0. The van der Waals surface area contributed by atoms with Crippen molar-refractivity contribution in [3.63, 3.8) is 0 Å². The molecule has 2 aromatic rings. The number of likely N-dealkylation sites (tertiary alicyclic amines) is 1. The van der Waals surface area contributed by atoms with Crippen molar-refractivity contribution < 1.29 is 0 Å². The van der Waals surface area contributed by atoms with Gasteiger partial charge in [0.25, 0.3) is 0 Å². The van der Waals surface area contributed by atoms with Gasteiger partial charge in [0.1, 0.15) is 5.84 Å². The van der Waals surface area contributed by atoms with Crippen LogP contribution < -0.4 is 4.90 Å². The van der Waals surface area contributed by atoms with E-state index in [1.54, 1.807) is 11.3 Å². The summed E-state index contributed by atoms with van der Waals surface area (Å²) < 4.78 is 0. The van der Waals surface area contributed by atoms with E-state index in [-0.39, 0.29) is 0 Å². The van der Waals surface area contributed by atoms with Gasteiger partial charge in [0.15, 0.2) is 0 Å². The number of amidine groups is 1. The number of hydrogen-bond donors (Lipinski definition) is 1. The molecule has 2 fully saturated rings. The number of rotatable bonds is 4. The molecule has 1 aromatic carbocycles. The molecule has 0 saturated carbocycles. The third kappa shape index (κ3) is 3.88. The fourth-order valence-electron chi connectivity index (χ4n) is 3.79. The van der Waals surface area contributed by atoms with Crippen LogP contribution >= 0.6 is 11.3 Å². The molecule has 2 aliphatic rings. The van der Waals surface area contributed by atoms with Gasteiger partial charge < -0.3 is 9.80 Å². The van der Waals surface area contributed by atoms with Gasteiger partial charge in [0.05, 0.1) is 6.54 Å². The lowest BCUT2D eigenvalue weighted by Gasteiger charge is -2.38. The smallest absolute Gasteiger partial charge is 0.110 e. The minimum absolute atomic E-state index is 0.800. The van der Waals surface area contributed by atoms with Crippen molar-refractivity contribution in [1.82, 2.24) is 9.80 Å². The quantitative estimate of drug-likeness (QED) is 0.673. The van der Waals surface area contributed by atoms with Crippen molar-refractivity contribution in [3.8, 4) is 10.4 Å². The predicted octanol–water partition coefficient (Wildman–Crippen LogP) is 3.61. The Morgan fingerprint density at radius 2 is 1.76 bits per heavy atom. The van der Waals surface area contributed by atoms with Gasteiger partial charge in [-0.1, -0.05) is 18.2 Å². The van der Waals surface area contributed by atoms with Crippen molar-refractivity contribution >= 4 is 22.9 Å². The van der Waals surface area contributed by atoms with Crippen LogP contribution in [0, 0.1) is 5.41 Å². The molecule has 5 heteroatoms. The van der Waals surface area contributed by atoms with Crippen LogP contribution in [0.2, 0.25) is 0 Å². The molecule has 25 heavy (non-hydrogen) atoms. The molecular formula is C20H26N4S. The first-order valence-electron chi connectivity index (χ1n) is 9.23. The minimum Gasteiger partial charge on any atom is -0.368 e. The van der Waals surface area contributed by atoms with Crippen molar-refractivity contribution in [3.05, 3.63) is 41.8 Å². The Balaban J connectivity index is 1.35. The highest BCUT2D eigenvalue weighted by atomic mass is 32.1. The second-order valence-corrected chi connectivity index (χ2v) is 7.88. The van der Waals surface area contributed by atoms with Gasteiger partial charge in [-0.2, -0.15) is 0 Å². The summed E-state index contributed by atoms with van der Waals surface area (Å²) in [6, 6.07) is 13.2. The summed E-state index contributed by atoms with van der Waals surface area (Å²) in [5.74, 6) is 0.800. The Labute approximate surface area is 154 Å². The lowest BCUT2D eigenvalue weighted by molar-refractivity contribution is 0.333. The van der Waals surface area contributed by atoms with Gasteiger partial charge in [-0.3, -0.25) is 10.3 Å². The number of benzene rings is 1. The Hall–Kier alpha value is -1.85. The van der Waals surface area contributed by atoms with Crippen LogP contribution in [-0.2, 0) is 0 Å². The molecule has 0 aliphatic carbocycles. The van der Waals surface area contributed by atoms with E-state index in [1.807, 2.05) is 0 Å². The molecule has 4 nitrogen and oxygen atoms in total. The summed E-state index contributed by atoms with van der Waals surface area (Å²) >= 11 is 1.79. The van der Waals surface area contributed by atoms with Crippen LogP contribution in [0.4, 0.5) is 5.69 Å². The standard InChI is InChI=1S/C20H26N4S/c21-20(16-22-8-1-2-9-22)24-12-10-23(11-13-24)18-6-3-5-17(15-18)19-7-4-14-25-19/h3-7,14-15,21H,1-2,8-13,16H2. The average Bonchev–Trinajstić information content (AvgIpc) is 3.36. The highest BCUT2D eigenvalue weighted by Crippen LogP contribution is 2.28. The van der Waals surface area contributed by atoms with Crippen LogP contribution in [0.15, 0.2) is 41.8 Å². The molecule has 0 amide bonds. The normalized spacial score (nSPS) is 18.7. The maximum Gasteiger partial charge on any atom is 0.110 e. The molecule has 132 valence electrons.